The molecule has 0 bridgehead atoms. The highest BCUT2D eigenvalue weighted by molar-refractivity contribution is 7.98. The standard InChI is InChI=1S/C12H27S/c1-7-10(4)13(11(5)8-2)12(6)9-3/h10-12H,7-9H2,1-6H3/q+1. The number of hydrogen-bond donors (Lipinski definition) is 0. The molecule has 0 aromatic heterocycles. The molecule has 0 saturated carbocycles. The lowest BCUT2D eigenvalue weighted by atomic mass is 10.3. The molecule has 0 N–H and O–H groups in total. The van der Waals surface area contributed by atoms with Crippen molar-refractivity contribution >= 4 is 10.9 Å². The highest BCUT2D eigenvalue weighted by Crippen LogP contribution is 2.24. The first-order valence-electron chi connectivity index (χ1n) is 5.79. The third-order valence-corrected chi connectivity index (χ3v) is 6.91. The van der Waals surface area contributed by atoms with E-state index in [0.29, 0.717) is 10.9 Å². The van der Waals surface area contributed by atoms with Crippen molar-refractivity contribution in [1.29, 1.82) is 0 Å². The number of rotatable bonds is 6. The predicted molar refractivity (Wildman–Crippen MR) is 66.6 cm³/mol. The van der Waals surface area contributed by atoms with E-state index in [-0.39, 0.29) is 0 Å². The maximum absolute atomic E-state index is 2.43. The molecule has 80 valence electrons. The summed E-state index contributed by atoms with van der Waals surface area (Å²) in [7, 11) is 0.641. The van der Waals surface area contributed by atoms with Gasteiger partial charge in [0.15, 0.2) is 0 Å². The van der Waals surface area contributed by atoms with E-state index in [1.807, 2.05) is 0 Å². The molecule has 13 heavy (non-hydrogen) atoms. The van der Waals surface area contributed by atoms with Gasteiger partial charge in [0.2, 0.25) is 0 Å². The summed E-state index contributed by atoms with van der Waals surface area (Å²) in [5.74, 6) is 0. The molecule has 0 amide bonds. The Labute approximate surface area is 87.8 Å². The van der Waals surface area contributed by atoms with Crippen molar-refractivity contribution in [2.24, 2.45) is 0 Å². The van der Waals surface area contributed by atoms with Gasteiger partial charge in [0.05, 0.1) is 0 Å². The largest absolute Gasteiger partial charge is 0.115 e. The van der Waals surface area contributed by atoms with Crippen LogP contribution in [-0.4, -0.2) is 15.7 Å². The van der Waals surface area contributed by atoms with E-state index in [0.717, 1.165) is 15.7 Å². The van der Waals surface area contributed by atoms with Crippen molar-refractivity contribution < 1.29 is 0 Å². The van der Waals surface area contributed by atoms with Gasteiger partial charge in [0, 0.05) is 0 Å². The van der Waals surface area contributed by atoms with Crippen LogP contribution in [0.25, 0.3) is 0 Å². The van der Waals surface area contributed by atoms with Gasteiger partial charge in [0.1, 0.15) is 15.7 Å². The highest BCUT2D eigenvalue weighted by Gasteiger charge is 2.34. The molecular formula is C12H27S+. The summed E-state index contributed by atoms with van der Waals surface area (Å²) in [4.78, 5) is 0. The molecule has 3 atom stereocenters. The Morgan fingerprint density at radius 3 is 1.08 bits per heavy atom. The fourth-order valence-electron chi connectivity index (χ4n) is 1.77. The first-order chi connectivity index (χ1) is 6.08. The lowest BCUT2D eigenvalue weighted by Crippen LogP contribution is -2.35. The Kier molecular flexibility index (Phi) is 6.93. The molecule has 1 heteroatoms. The molecule has 3 unspecified atom stereocenters. The first kappa shape index (κ1) is 13.4. The van der Waals surface area contributed by atoms with Crippen LogP contribution in [0.4, 0.5) is 0 Å². The second kappa shape index (κ2) is 6.75. The molecular weight excluding hydrogens is 176 g/mol. The quantitative estimate of drug-likeness (QED) is 0.572. The van der Waals surface area contributed by atoms with Crippen molar-refractivity contribution in [2.75, 3.05) is 0 Å². The highest BCUT2D eigenvalue weighted by atomic mass is 32.2. The van der Waals surface area contributed by atoms with Crippen LogP contribution in [0.15, 0.2) is 0 Å². The van der Waals surface area contributed by atoms with Crippen LogP contribution in [-0.2, 0) is 10.9 Å². The van der Waals surface area contributed by atoms with Crippen LogP contribution < -0.4 is 0 Å². The first-order valence-corrected chi connectivity index (χ1v) is 7.20. The van der Waals surface area contributed by atoms with Crippen LogP contribution in [0.3, 0.4) is 0 Å². The van der Waals surface area contributed by atoms with Crippen LogP contribution in [0, 0.1) is 0 Å². The summed E-state index contributed by atoms with van der Waals surface area (Å²) < 4.78 is 0. The molecule has 0 radical (unpaired) electrons. The lowest BCUT2D eigenvalue weighted by molar-refractivity contribution is 0.797. The SMILES string of the molecule is CCC(C)[S+](C(C)CC)C(C)CC. The van der Waals surface area contributed by atoms with Crippen LogP contribution in [0.1, 0.15) is 60.8 Å². The van der Waals surface area contributed by atoms with Crippen molar-refractivity contribution in [3.63, 3.8) is 0 Å². The second-order valence-electron chi connectivity index (χ2n) is 4.06. The summed E-state index contributed by atoms with van der Waals surface area (Å²) in [6, 6.07) is 0. The monoisotopic (exact) mass is 203 g/mol. The molecule has 0 aromatic carbocycles. The average Bonchev–Trinajstić information content (AvgIpc) is 2.16. The maximum atomic E-state index is 2.43. The zero-order valence-corrected chi connectivity index (χ0v) is 11.1. The van der Waals surface area contributed by atoms with Gasteiger partial charge < -0.3 is 0 Å². The van der Waals surface area contributed by atoms with Gasteiger partial charge in [0.25, 0.3) is 0 Å². The van der Waals surface area contributed by atoms with E-state index >= 15 is 0 Å². The van der Waals surface area contributed by atoms with Crippen molar-refractivity contribution in [3.8, 4) is 0 Å². The second-order valence-corrected chi connectivity index (χ2v) is 7.30. The minimum Gasteiger partial charge on any atom is -0.0606 e. The van der Waals surface area contributed by atoms with Gasteiger partial charge in [-0.15, -0.1) is 0 Å². The van der Waals surface area contributed by atoms with Gasteiger partial charge >= 0.3 is 0 Å². The van der Waals surface area contributed by atoms with Crippen molar-refractivity contribution in [1.82, 2.24) is 0 Å². The fourth-order valence-corrected chi connectivity index (χ4v) is 5.30. The van der Waals surface area contributed by atoms with E-state index < -0.39 is 0 Å². The molecule has 0 aliphatic carbocycles. The summed E-state index contributed by atoms with van der Waals surface area (Å²) >= 11 is 0. The summed E-state index contributed by atoms with van der Waals surface area (Å²) in [6.45, 7) is 14.3. The molecule has 0 rings (SSSR count). The Morgan fingerprint density at radius 1 is 0.692 bits per heavy atom. The maximum Gasteiger partial charge on any atom is 0.115 e. The Morgan fingerprint density at radius 2 is 0.923 bits per heavy atom. The molecule has 0 spiro atoms. The summed E-state index contributed by atoms with van der Waals surface area (Å²) in [6.07, 6.45) is 4.04. The zero-order valence-electron chi connectivity index (χ0n) is 10.3. The lowest BCUT2D eigenvalue weighted by Gasteiger charge is -2.24. The zero-order chi connectivity index (χ0) is 10.4. The van der Waals surface area contributed by atoms with Crippen LogP contribution >= 0.6 is 0 Å². The van der Waals surface area contributed by atoms with Crippen molar-refractivity contribution in [2.45, 2.75) is 76.6 Å². The topological polar surface area (TPSA) is 0 Å². The molecule has 0 heterocycles. The molecule has 0 fully saturated rings. The smallest absolute Gasteiger partial charge is 0.0606 e. The van der Waals surface area contributed by atoms with Gasteiger partial charge in [-0.3, -0.25) is 0 Å². The van der Waals surface area contributed by atoms with E-state index in [1.165, 1.54) is 19.3 Å². The van der Waals surface area contributed by atoms with Gasteiger partial charge in [-0.1, -0.05) is 20.8 Å². The minimum atomic E-state index is 0.641. The van der Waals surface area contributed by atoms with E-state index in [9.17, 15) is 0 Å². The fraction of sp³-hybridized carbons (Fsp3) is 1.00. The van der Waals surface area contributed by atoms with Crippen LogP contribution in [0.5, 0.6) is 0 Å². The Hall–Kier alpha value is 0.350. The Bertz CT molecular complexity index is 98.5. The molecule has 0 nitrogen and oxygen atoms in total. The van der Waals surface area contributed by atoms with Gasteiger partial charge in [-0.25, -0.2) is 0 Å². The third kappa shape index (κ3) is 3.93. The molecule has 0 aromatic rings. The minimum absolute atomic E-state index is 0.641. The van der Waals surface area contributed by atoms with Crippen molar-refractivity contribution in [3.05, 3.63) is 0 Å². The normalized spacial score (nSPS) is 20.8. The van der Waals surface area contributed by atoms with Crippen LogP contribution in [0.2, 0.25) is 0 Å². The summed E-state index contributed by atoms with van der Waals surface area (Å²) in [5, 5.41) is 2.76. The summed E-state index contributed by atoms with van der Waals surface area (Å²) in [5.41, 5.74) is 0. The predicted octanol–water partition coefficient (Wildman–Crippen LogP) is 4.00. The van der Waals surface area contributed by atoms with E-state index in [1.54, 1.807) is 0 Å². The number of hydrogen-bond acceptors (Lipinski definition) is 0. The van der Waals surface area contributed by atoms with E-state index in [2.05, 4.69) is 41.5 Å². The molecule has 0 aliphatic heterocycles. The third-order valence-electron chi connectivity index (χ3n) is 3.12. The molecule has 0 saturated heterocycles. The van der Waals surface area contributed by atoms with Gasteiger partial charge in [-0.2, -0.15) is 0 Å². The Balaban J connectivity index is 4.34. The molecule has 0 aliphatic rings. The average molecular weight is 203 g/mol. The van der Waals surface area contributed by atoms with E-state index in [4.69, 9.17) is 0 Å². The van der Waals surface area contributed by atoms with Gasteiger partial charge in [-0.05, 0) is 50.9 Å².